The van der Waals surface area contributed by atoms with E-state index in [0.29, 0.717) is 0 Å². The van der Waals surface area contributed by atoms with Crippen molar-refractivity contribution in [2.75, 3.05) is 0 Å². The molecule has 0 aliphatic carbocycles. The van der Waals surface area contributed by atoms with Crippen LogP contribution in [0.1, 0.15) is 28.4 Å². The minimum atomic E-state index is 0.158. The van der Waals surface area contributed by atoms with E-state index in [1.807, 2.05) is 29.2 Å². The molecule has 0 unspecified atom stereocenters. The van der Waals surface area contributed by atoms with Gasteiger partial charge in [0.2, 0.25) is 0 Å². The average Bonchev–Trinajstić information content (AvgIpc) is 3.40. The van der Waals surface area contributed by atoms with Crippen LogP contribution in [0, 0.1) is 6.92 Å². The van der Waals surface area contributed by atoms with E-state index >= 15 is 0 Å². The molecule has 4 aromatic rings. The molecular weight excluding hydrogens is 352 g/mol. The lowest BCUT2D eigenvalue weighted by Gasteiger charge is -2.19. The predicted octanol–water partition coefficient (Wildman–Crippen LogP) is 4.71. The fourth-order valence-electron chi connectivity index (χ4n) is 3.14. The van der Waals surface area contributed by atoms with Crippen molar-refractivity contribution in [3.63, 3.8) is 0 Å². The monoisotopic (exact) mass is 374 g/mol. The van der Waals surface area contributed by atoms with Crippen LogP contribution in [0.4, 0.5) is 0 Å². The smallest absolute Gasteiger partial charge is 0.0690 e. The molecule has 0 aliphatic heterocycles. The summed E-state index contributed by atoms with van der Waals surface area (Å²) >= 11 is 1.73. The lowest BCUT2D eigenvalue weighted by atomic mass is 10.0. The Morgan fingerprint density at radius 3 is 2.78 bits per heavy atom. The fraction of sp³-hybridized carbons (Fsp3) is 0.182. The van der Waals surface area contributed by atoms with Gasteiger partial charge >= 0.3 is 0 Å². The van der Waals surface area contributed by atoms with E-state index in [-0.39, 0.29) is 6.04 Å². The van der Waals surface area contributed by atoms with Crippen molar-refractivity contribution >= 4 is 11.3 Å². The molecular formula is C22H22N4S. The summed E-state index contributed by atoms with van der Waals surface area (Å²) in [4.78, 5) is 4.67. The van der Waals surface area contributed by atoms with Gasteiger partial charge < -0.3 is 5.32 Å². The molecule has 0 saturated carbocycles. The van der Waals surface area contributed by atoms with E-state index < -0.39 is 0 Å². The zero-order valence-corrected chi connectivity index (χ0v) is 16.1. The van der Waals surface area contributed by atoms with Gasteiger partial charge in [0.05, 0.1) is 17.4 Å². The highest BCUT2D eigenvalue weighted by atomic mass is 32.1. The lowest BCUT2D eigenvalue weighted by Crippen LogP contribution is -2.24. The first-order chi connectivity index (χ1) is 13.3. The Morgan fingerprint density at radius 2 is 2.04 bits per heavy atom. The van der Waals surface area contributed by atoms with Crippen LogP contribution in [0.5, 0.6) is 0 Å². The van der Waals surface area contributed by atoms with Gasteiger partial charge in [0.25, 0.3) is 0 Å². The van der Waals surface area contributed by atoms with Crippen LogP contribution in [0.15, 0.2) is 77.9 Å². The summed E-state index contributed by atoms with van der Waals surface area (Å²) in [6.45, 7) is 2.82. The minimum Gasteiger partial charge on any atom is -0.304 e. The first kappa shape index (κ1) is 17.6. The predicted molar refractivity (Wildman–Crippen MR) is 110 cm³/mol. The third kappa shape index (κ3) is 4.32. The number of nitrogens with one attached hydrogen (secondary N) is 1. The van der Waals surface area contributed by atoms with Crippen molar-refractivity contribution in [2.24, 2.45) is 0 Å². The normalized spacial score (nSPS) is 12.2. The second-order valence-corrected chi connectivity index (χ2v) is 7.39. The Morgan fingerprint density at radius 1 is 1.11 bits per heavy atom. The van der Waals surface area contributed by atoms with Crippen LogP contribution in [-0.4, -0.2) is 14.8 Å². The summed E-state index contributed by atoms with van der Waals surface area (Å²) < 4.78 is 1.91. The summed E-state index contributed by atoms with van der Waals surface area (Å²) in [6, 6.07) is 16.9. The van der Waals surface area contributed by atoms with Crippen LogP contribution in [0.25, 0.3) is 5.69 Å². The zero-order chi connectivity index (χ0) is 18.5. The number of benzene rings is 1. The molecule has 1 N–H and O–H groups in total. The average molecular weight is 375 g/mol. The molecule has 5 heteroatoms. The Hall–Kier alpha value is -2.76. The second-order valence-electron chi connectivity index (χ2n) is 6.61. The van der Waals surface area contributed by atoms with Crippen molar-refractivity contribution < 1.29 is 0 Å². The molecule has 0 radical (unpaired) electrons. The van der Waals surface area contributed by atoms with Gasteiger partial charge in [-0.05, 0) is 65.1 Å². The van der Waals surface area contributed by atoms with E-state index in [1.165, 1.54) is 16.7 Å². The topological polar surface area (TPSA) is 42.7 Å². The number of aryl methyl sites for hydroxylation is 1. The molecule has 0 amide bonds. The number of rotatable bonds is 7. The number of hydrogen-bond donors (Lipinski definition) is 1. The van der Waals surface area contributed by atoms with Crippen LogP contribution >= 0.6 is 11.3 Å². The number of aromatic nitrogens is 3. The Bertz CT molecular complexity index is 960. The van der Waals surface area contributed by atoms with E-state index in [1.54, 1.807) is 17.5 Å². The molecule has 3 aromatic heterocycles. The van der Waals surface area contributed by atoms with Crippen LogP contribution < -0.4 is 5.32 Å². The van der Waals surface area contributed by atoms with Gasteiger partial charge in [0, 0.05) is 25.1 Å². The summed E-state index contributed by atoms with van der Waals surface area (Å²) in [5, 5.41) is 12.4. The van der Waals surface area contributed by atoms with Crippen molar-refractivity contribution in [2.45, 2.75) is 25.9 Å². The van der Waals surface area contributed by atoms with Gasteiger partial charge in [0.15, 0.2) is 0 Å². The van der Waals surface area contributed by atoms with E-state index in [0.717, 1.165) is 24.3 Å². The van der Waals surface area contributed by atoms with Crippen molar-refractivity contribution in [3.8, 4) is 5.69 Å². The van der Waals surface area contributed by atoms with E-state index in [9.17, 15) is 0 Å². The molecule has 27 heavy (non-hydrogen) atoms. The summed E-state index contributed by atoms with van der Waals surface area (Å²) in [5.74, 6) is 0. The van der Waals surface area contributed by atoms with Gasteiger partial charge in [-0.2, -0.15) is 16.4 Å². The molecule has 0 fully saturated rings. The first-order valence-corrected chi connectivity index (χ1v) is 9.99. The largest absolute Gasteiger partial charge is 0.304 e. The van der Waals surface area contributed by atoms with Gasteiger partial charge in [-0.25, -0.2) is 4.68 Å². The number of pyridine rings is 1. The maximum absolute atomic E-state index is 4.67. The lowest BCUT2D eigenvalue weighted by molar-refractivity contribution is 0.517. The second kappa shape index (κ2) is 8.29. The molecule has 0 saturated heterocycles. The third-order valence-corrected chi connectivity index (χ3v) is 5.32. The van der Waals surface area contributed by atoms with Crippen molar-refractivity contribution in [1.29, 1.82) is 0 Å². The highest BCUT2D eigenvalue weighted by Crippen LogP contribution is 2.21. The Labute approximate surface area is 163 Å². The fourth-order valence-corrected chi connectivity index (χ4v) is 3.82. The number of thiophene rings is 1. The summed E-state index contributed by atoms with van der Waals surface area (Å²) in [5.41, 5.74) is 5.89. The maximum atomic E-state index is 4.67. The SMILES string of the molecule is Cc1ccc([C@H](Cc2ccsc2)NCc2ccccc2-n2cccn2)nc1. The molecule has 0 bridgehead atoms. The van der Waals surface area contributed by atoms with E-state index in [2.05, 4.69) is 69.5 Å². The van der Waals surface area contributed by atoms with Crippen LogP contribution in [0.2, 0.25) is 0 Å². The van der Waals surface area contributed by atoms with Gasteiger partial charge in [-0.1, -0.05) is 24.3 Å². The summed E-state index contributed by atoms with van der Waals surface area (Å²) in [7, 11) is 0. The van der Waals surface area contributed by atoms with E-state index in [4.69, 9.17) is 0 Å². The summed E-state index contributed by atoms with van der Waals surface area (Å²) in [6.07, 6.45) is 6.64. The molecule has 4 rings (SSSR count). The highest BCUT2D eigenvalue weighted by molar-refractivity contribution is 7.07. The number of para-hydroxylation sites is 1. The van der Waals surface area contributed by atoms with Crippen LogP contribution in [0.3, 0.4) is 0 Å². The van der Waals surface area contributed by atoms with Gasteiger partial charge in [-0.3, -0.25) is 4.98 Å². The van der Waals surface area contributed by atoms with Gasteiger partial charge in [0.1, 0.15) is 0 Å². The molecule has 3 heterocycles. The maximum Gasteiger partial charge on any atom is 0.0690 e. The molecule has 1 aromatic carbocycles. The first-order valence-electron chi connectivity index (χ1n) is 9.04. The molecule has 1 atom stereocenters. The molecule has 0 spiro atoms. The number of nitrogens with zero attached hydrogens (tertiary/aromatic N) is 3. The third-order valence-electron chi connectivity index (χ3n) is 4.59. The zero-order valence-electron chi connectivity index (χ0n) is 15.2. The standard InChI is InChI=1S/C22H22N4S/c1-17-7-8-20(23-14-17)21(13-18-9-12-27-16-18)24-15-19-5-2-3-6-22(19)26-11-4-10-25-26/h2-12,14,16,21,24H,13,15H2,1H3/t21-/m0/s1. The minimum absolute atomic E-state index is 0.158. The number of hydrogen-bond acceptors (Lipinski definition) is 4. The quantitative estimate of drug-likeness (QED) is 0.509. The van der Waals surface area contributed by atoms with Gasteiger partial charge in [-0.15, -0.1) is 0 Å². The Balaban J connectivity index is 1.56. The highest BCUT2D eigenvalue weighted by Gasteiger charge is 2.15. The van der Waals surface area contributed by atoms with Crippen LogP contribution in [-0.2, 0) is 13.0 Å². The van der Waals surface area contributed by atoms with Crippen molar-refractivity contribution in [1.82, 2.24) is 20.1 Å². The Kier molecular flexibility index (Phi) is 5.42. The molecule has 0 aliphatic rings. The molecule has 4 nitrogen and oxygen atoms in total. The van der Waals surface area contributed by atoms with Crippen molar-refractivity contribution in [3.05, 3.63) is 100 Å². The molecule has 136 valence electrons.